The molecule has 0 spiro atoms. The number of urea groups is 1. The largest absolute Gasteiger partial charge is 0.497 e. The SMILES string of the molecule is COc1ccc(/C=C2\C(=O)NC(=O)N(c3ccc(Br)cc3)C2=O)c(OCc2ccc(C)c(C)c2)c1. The summed E-state index contributed by atoms with van der Waals surface area (Å²) in [7, 11) is 1.54. The summed E-state index contributed by atoms with van der Waals surface area (Å²) in [6, 6.07) is 17.0. The summed E-state index contributed by atoms with van der Waals surface area (Å²) in [6.07, 6.45) is 1.42. The highest BCUT2D eigenvalue weighted by Crippen LogP contribution is 2.30. The number of hydrogen-bond acceptors (Lipinski definition) is 5. The smallest absolute Gasteiger partial charge is 0.335 e. The van der Waals surface area contributed by atoms with Gasteiger partial charge in [-0.05, 0) is 73.0 Å². The molecule has 8 heteroatoms. The zero-order chi connectivity index (χ0) is 25.1. The fourth-order valence-electron chi connectivity index (χ4n) is 3.58. The summed E-state index contributed by atoms with van der Waals surface area (Å²) in [5.74, 6) is -0.502. The van der Waals surface area contributed by atoms with Crippen LogP contribution in [-0.2, 0) is 16.2 Å². The van der Waals surface area contributed by atoms with Crippen molar-refractivity contribution >= 4 is 45.5 Å². The number of imide groups is 2. The maximum absolute atomic E-state index is 13.2. The van der Waals surface area contributed by atoms with E-state index in [4.69, 9.17) is 9.47 Å². The van der Waals surface area contributed by atoms with Gasteiger partial charge in [-0.25, -0.2) is 9.69 Å². The number of hydrogen-bond donors (Lipinski definition) is 1. The second-order valence-electron chi connectivity index (χ2n) is 8.05. The van der Waals surface area contributed by atoms with Crippen molar-refractivity contribution in [1.29, 1.82) is 0 Å². The average molecular weight is 535 g/mol. The van der Waals surface area contributed by atoms with E-state index in [-0.39, 0.29) is 12.2 Å². The molecule has 178 valence electrons. The third-order valence-electron chi connectivity index (χ3n) is 5.67. The second-order valence-corrected chi connectivity index (χ2v) is 8.96. The van der Waals surface area contributed by atoms with E-state index >= 15 is 0 Å². The molecule has 0 saturated carbocycles. The minimum Gasteiger partial charge on any atom is -0.497 e. The van der Waals surface area contributed by atoms with Gasteiger partial charge in [-0.15, -0.1) is 0 Å². The van der Waals surface area contributed by atoms with Gasteiger partial charge in [0, 0.05) is 16.1 Å². The van der Waals surface area contributed by atoms with E-state index in [1.807, 2.05) is 32.0 Å². The summed E-state index contributed by atoms with van der Waals surface area (Å²) >= 11 is 3.33. The maximum atomic E-state index is 13.2. The van der Waals surface area contributed by atoms with E-state index in [9.17, 15) is 14.4 Å². The molecule has 1 aliphatic heterocycles. The highest BCUT2D eigenvalue weighted by molar-refractivity contribution is 9.10. The van der Waals surface area contributed by atoms with Crippen LogP contribution in [0.4, 0.5) is 10.5 Å². The number of carbonyl (C=O) groups is 3. The van der Waals surface area contributed by atoms with Crippen LogP contribution < -0.4 is 19.7 Å². The summed E-state index contributed by atoms with van der Waals surface area (Å²) in [6.45, 7) is 4.36. The van der Waals surface area contributed by atoms with Gasteiger partial charge >= 0.3 is 6.03 Å². The number of methoxy groups -OCH3 is 1. The Labute approximate surface area is 211 Å². The summed E-state index contributed by atoms with van der Waals surface area (Å²) in [5.41, 5.74) is 3.98. The van der Waals surface area contributed by atoms with Crippen molar-refractivity contribution in [2.75, 3.05) is 12.0 Å². The van der Waals surface area contributed by atoms with Crippen LogP contribution in [0.3, 0.4) is 0 Å². The first-order chi connectivity index (χ1) is 16.8. The summed E-state index contributed by atoms with van der Waals surface area (Å²) in [5, 5.41) is 2.24. The molecule has 35 heavy (non-hydrogen) atoms. The Morgan fingerprint density at radius 3 is 2.37 bits per heavy atom. The number of nitrogens with one attached hydrogen (secondary N) is 1. The average Bonchev–Trinajstić information content (AvgIpc) is 2.84. The Morgan fingerprint density at radius 2 is 1.69 bits per heavy atom. The van der Waals surface area contributed by atoms with Crippen molar-refractivity contribution in [1.82, 2.24) is 5.32 Å². The Morgan fingerprint density at radius 1 is 0.943 bits per heavy atom. The van der Waals surface area contributed by atoms with E-state index in [0.29, 0.717) is 22.7 Å². The molecule has 0 aromatic heterocycles. The van der Waals surface area contributed by atoms with Crippen molar-refractivity contribution in [3.05, 3.63) is 93.0 Å². The summed E-state index contributed by atoms with van der Waals surface area (Å²) in [4.78, 5) is 39.2. The number of halogens is 1. The lowest BCUT2D eigenvalue weighted by atomic mass is 10.1. The first-order valence-electron chi connectivity index (χ1n) is 10.8. The number of benzene rings is 3. The van der Waals surface area contributed by atoms with Gasteiger partial charge in [0.15, 0.2) is 0 Å². The third kappa shape index (κ3) is 5.27. The fraction of sp³-hybridized carbons (Fsp3) is 0.148. The Hall–Kier alpha value is -3.91. The lowest BCUT2D eigenvalue weighted by molar-refractivity contribution is -0.122. The molecule has 1 aliphatic rings. The number of ether oxygens (including phenoxy) is 2. The molecule has 1 saturated heterocycles. The van der Waals surface area contributed by atoms with Gasteiger partial charge in [0.1, 0.15) is 23.7 Å². The molecule has 0 atom stereocenters. The predicted octanol–water partition coefficient (Wildman–Crippen LogP) is 5.32. The van der Waals surface area contributed by atoms with E-state index in [1.165, 1.54) is 11.6 Å². The van der Waals surface area contributed by atoms with Crippen molar-refractivity contribution < 1.29 is 23.9 Å². The summed E-state index contributed by atoms with van der Waals surface area (Å²) < 4.78 is 12.2. The zero-order valence-corrected chi connectivity index (χ0v) is 21.0. The van der Waals surface area contributed by atoms with Crippen LogP contribution in [0.15, 0.2) is 70.7 Å². The van der Waals surface area contributed by atoms with Gasteiger partial charge in [0.2, 0.25) is 0 Å². The van der Waals surface area contributed by atoms with Crippen LogP contribution >= 0.6 is 15.9 Å². The molecule has 7 nitrogen and oxygen atoms in total. The van der Waals surface area contributed by atoms with Crippen molar-refractivity contribution in [2.45, 2.75) is 20.5 Å². The molecule has 4 rings (SSSR count). The minimum atomic E-state index is -0.805. The molecule has 0 radical (unpaired) electrons. The maximum Gasteiger partial charge on any atom is 0.335 e. The molecular weight excluding hydrogens is 512 g/mol. The topological polar surface area (TPSA) is 84.9 Å². The molecule has 1 heterocycles. The van der Waals surface area contributed by atoms with Gasteiger partial charge < -0.3 is 9.47 Å². The van der Waals surface area contributed by atoms with Crippen molar-refractivity contribution in [3.8, 4) is 11.5 Å². The molecule has 1 N–H and O–H groups in total. The second kappa shape index (κ2) is 10.1. The normalized spacial score (nSPS) is 14.8. The number of nitrogens with zero attached hydrogens (tertiary/aromatic N) is 1. The first kappa shape index (κ1) is 24.2. The molecule has 1 fully saturated rings. The van der Waals surface area contributed by atoms with Crippen LogP contribution in [-0.4, -0.2) is 25.0 Å². The fourth-order valence-corrected chi connectivity index (χ4v) is 3.84. The van der Waals surface area contributed by atoms with Crippen LogP contribution in [0, 0.1) is 13.8 Å². The van der Waals surface area contributed by atoms with Gasteiger partial charge in [-0.3, -0.25) is 14.9 Å². The molecular formula is C27H23BrN2O5. The highest BCUT2D eigenvalue weighted by Gasteiger charge is 2.37. The lowest BCUT2D eigenvalue weighted by Crippen LogP contribution is -2.54. The number of barbiturate groups is 1. The first-order valence-corrected chi connectivity index (χ1v) is 11.6. The van der Waals surface area contributed by atoms with Gasteiger partial charge in [-0.1, -0.05) is 34.1 Å². The minimum absolute atomic E-state index is 0.186. The van der Waals surface area contributed by atoms with Crippen LogP contribution in [0.25, 0.3) is 6.08 Å². The molecule has 4 amide bonds. The van der Waals surface area contributed by atoms with E-state index < -0.39 is 17.8 Å². The third-order valence-corrected chi connectivity index (χ3v) is 6.20. The molecule has 0 unspecified atom stereocenters. The molecule has 3 aromatic carbocycles. The quantitative estimate of drug-likeness (QED) is 0.341. The molecule has 0 aliphatic carbocycles. The molecule has 0 bridgehead atoms. The Balaban J connectivity index is 1.68. The van der Waals surface area contributed by atoms with E-state index in [0.717, 1.165) is 20.5 Å². The number of rotatable bonds is 6. The lowest BCUT2D eigenvalue weighted by Gasteiger charge is -2.26. The highest BCUT2D eigenvalue weighted by atomic mass is 79.9. The van der Waals surface area contributed by atoms with Gasteiger partial charge in [0.25, 0.3) is 11.8 Å². The number of anilines is 1. The van der Waals surface area contributed by atoms with Crippen LogP contribution in [0.5, 0.6) is 11.5 Å². The van der Waals surface area contributed by atoms with Gasteiger partial charge in [0.05, 0.1) is 12.8 Å². The van der Waals surface area contributed by atoms with Crippen molar-refractivity contribution in [3.63, 3.8) is 0 Å². The van der Waals surface area contributed by atoms with E-state index in [1.54, 1.807) is 49.6 Å². The number of carbonyl (C=O) groups excluding carboxylic acids is 3. The van der Waals surface area contributed by atoms with Crippen LogP contribution in [0.1, 0.15) is 22.3 Å². The molecule has 3 aromatic rings. The standard InChI is InChI=1S/C27H23BrN2O5/c1-16-4-5-18(12-17(16)2)15-35-24-14-22(34-3)11-6-19(24)13-23-25(31)29-27(33)30(26(23)32)21-9-7-20(28)8-10-21/h4-14H,15H2,1-3H3,(H,29,31,33)/b23-13+. The monoisotopic (exact) mass is 534 g/mol. The zero-order valence-electron chi connectivity index (χ0n) is 19.4. The van der Waals surface area contributed by atoms with Crippen molar-refractivity contribution in [2.24, 2.45) is 0 Å². The van der Waals surface area contributed by atoms with Crippen LogP contribution in [0.2, 0.25) is 0 Å². The Bertz CT molecular complexity index is 1350. The van der Waals surface area contributed by atoms with Gasteiger partial charge in [-0.2, -0.15) is 0 Å². The Kier molecular flexibility index (Phi) is 7.02. The predicted molar refractivity (Wildman–Crippen MR) is 136 cm³/mol. The number of aryl methyl sites for hydroxylation is 2. The number of amides is 4. The van der Waals surface area contributed by atoms with E-state index in [2.05, 4.69) is 21.2 Å².